The monoisotopic (exact) mass is 269 g/mol. The van der Waals surface area contributed by atoms with E-state index < -0.39 is 11.6 Å². The maximum atomic E-state index is 12.3. The standard InChI is InChI=1S/C15H12N2O2.H3N/c18-13-15(17-14(19)16-13,11-7-3-1-4-8-11)12-9-5-2-6-10-12;/h1-10H,(H2,16,17,18,19);1H3. The number of carbonyl (C=O) groups is 2. The molecule has 5 N–H and O–H groups in total. The van der Waals surface area contributed by atoms with Crippen LogP contribution in [0.25, 0.3) is 0 Å². The quantitative estimate of drug-likeness (QED) is 0.727. The van der Waals surface area contributed by atoms with E-state index in [1.54, 1.807) is 0 Å². The molecule has 2 aromatic carbocycles. The van der Waals surface area contributed by atoms with Crippen LogP contribution in [0.15, 0.2) is 60.7 Å². The molecule has 1 saturated heterocycles. The van der Waals surface area contributed by atoms with Crippen molar-refractivity contribution in [3.63, 3.8) is 0 Å². The Kier molecular flexibility index (Phi) is 3.54. The highest BCUT2D eigenvalue weighted by Gasteiger charge is 2.48. The summed E-state index contributed by atoms with van der Waals surface area (Å²) >= 11 is 0. The highest BCUT2D eigenvalue weighted by molar-refractivity contribution is 6.09. The van der Waals surface area contributed by atoms with E-state index >= 15 is 0 Å². The normalized spacial score (nSPS) is 16.0. The van der Waals surface area contributed by atoms with E-state index in [0.29, 0.717) is 0 Å². The second-order valence-corrected chi connectivity index (χ2v) is 4.39. The summed E-state index contributed by atoms with van der Waals surface area (Å²) in [6.45, 7) is 0. The lowest BCUT2D eigenvalue weighted by Crippen LogP contribution is -2.44. The molecule has 0 bridgehead atoms. The van der Waals surface area contributed by atoms with Crippen molar-refractivity contribution in [1.29, 1.82) is 0 Å². The smallest absolute Gasteiger partial charge is 0.322 e. The van der Waals surface area contributed by atoms with Crippen LogP contribution in [0.5, 0.6) is 0 Å². The van der Waals surface area contributed by atoms with Crippen LogP contribution in [-0.2, 0) is 10.3 Å². The lowest BCUT2D eigenvalue weighted by atomic mass is 9.83. The van der Waals surface area contributed by atoms with Gasteiger partial charge in [0.15, 0.2) is 5.54 Å². The zero-order valence-corrected chi connectivity index (χ0v) is 10.8. The lowest BCUT2D eigenvalue weighted by Gasteiger charge is -2.27. The van der Waals surface area contributed by atoms with E-state index in [9.17, 15) is 9.59 Å². The number of amides is 3. The summed E-state index contributed by atoms with van der Waals surface area (Å²) in [4.78, 5) is 23.9. The molecule has 0 aromatic heterocycles. The molecule has 20 heavy (non-hydrogen) atoms. The van der Waals surface area contributed by atoms with Crippen molar-refractivity contribution in [3.05, 3.63) is 71.8 Å². The third kappa shape index (κ3) is 1.94. The Balaban J connectivity index is 0.00000147. The molecule has 3 rings (SSSR count). The number of urea groups is 1. The van der Waals surface area contributed by atoms with Crippen LogP contribution >= 0.6 is 0 Å². The minimum atomic E-state index is -1.14. The molecule has 1 aliphatic rings. The van der Waals surface area contributed by atoms with E-state index in [1.807, 2.05) is 60.7 Å². The molecule has 0 aliphatic carbocycles. The molecule has 3 amide bonds. The van der Waals surface area contributed by atoms with Gasteiger partial charge in [0.05, 0.1) is 0 Å². The molecule has 5 nitrogen and oxygen atoms in total. The van der Waals surface area contributed by atoms with Gasteiger partial charge in [-0.3, -0.25) is 10.1 Å². The Labute approximate surface area is 116 Å². The van der Waals surface area contributed by atoms with Gasteiger partial charge in [-0.1, -0.05) is 60.7 Å². The zero-order chi connectivity index (χ0) is 13.3. The Bertz CT molecular complexity index is 587. The fourth-order valence-electron chi connectivity index (χ4n) is 2.40. The molecular formula is C15H15N3O2. The zero-order valence-electron chi connectivity index (χ0n) is 10.8. The van der Waals surface area contributed by atoms with Crippen molar-refractivity contribution in [1.82, 2.24) is 16.8 Å². The Morgan fingerprint density at radius 1 is 0.750 bits per heavy atom. The Hall–Kier alpha value is -2.66. The number of rotatable bonds is 2. The lowest BCUT2D eigenvalue weighted by molar-refractivity contribution is -0.122. The number of benzene rings is 2. The topological polar surface area (TPSA) is 93.2 Å². The van der Waals surface area contributed by atoms with E-state index in [-0.39, 0.29) is 12.1 Å². The molecule has 0 radical (unpaired) electrons. The maximum absolute atomic E-state index is 12.3. The van der Waals surface area contributed by atoms with Crippen molar-refractivity contribution in [2.24, 2.45) is 0 Å². The van der Waals surface area contributed by atoms with Crippen LogP contribution in [0, 0.1) is 0 Å². The Morgan fingerprint density at radius 3 is 1.55 bits per heavy atom. The number of hydrogen-bond acceptors (Lipinski definition) is 3. The number of nitrogens with one attached hydrogen (secondary N) is 2. The average Bonchev–Trinajstić information content (AvgIpc) is 2.76. The fourth-order valence-corrected chi connectivity index (χ4v) is 2.40. The number of carbonyl (C=O) groups excluding carboxylic acids is 2. The number of imide groups is 1. The highest BCUT2D eigenvalue weighted by atomic mass is 16.2. The average molecular weight is 269 g/mol. The Morgan fingerprint density at radius 2 is 1.20 bits per heavy atom. The summed E-state index contributed by atoms with van der Waals surface area (Å²) in [5, 5.41) is 5.07. The van der Waals surface area contributed by atoms with Gasteiger partial charge in [0.1, 0.15) is 0 Å². The van der Waals surface area contributed by atoms with Crippen molar-refractivity contribution in [3.8, 4) is 0 Å². The molecule has 0 unspecified atom stereocenters. The molecule has 102 valence electrons. The van der Waals surface area contributed by atoms with Crippen LogP contribution in [0.2, 0.25) is 0 Å². The fraction of sp³-hybridized carbons (Fsp3) is 0.0667. The molecule has 1 aliphatic heterocycles. The minimum absolute atomic E-state index is 0. The van der Waals surface area contributed by atoms with Crippen LogP contribution in [-0.4, -0.2) is 11.9 Å². The molecule has 0 atom stereocenters. The molecule has 0 spiro atoms. The van der Waals surface area contributed by atoms with E-state index in [4.69, 9.17) is 0 Å². The molecule has 1 fully saturated rings. The van der Waals surface area contributed by atoms with Gasteiger partial charge >= 0.3 is 6.03 Å². The molecule has 5 heteroatoms. The SMILES string of the molecule is N.O=C1NC(=O)C(c2ccccc2)(c2ccccc2)N1. The van der Waals surface area contributed by atoms with Crippen LogP contribution in [0.3, 0.4) is 0 Å². The van der Waals surface area contributed by atoms with Gasteiger partial charge < -0.3 is 11.5 Å². The van der Waals surface area contributed by atoms with E-state index in [2.05, 4.69) is 10.6 Å². The first kappa shape index (κ1) is 13.8. The minimum Gasteiger partial charge on any atom is -0.344 e. The second-order valence-electron chi connectivity index (χ2n) is 4.39. The van der Waals surface area contributed by atoms with Gasteiger partial charge in [-0.05, 0) is 11.1 Å². The van der Waals surface area contributed by atoms with Gasteiger partial charge in [-0.2, -0.15) is 0 Å². The first-order valence-corrected chi connectivity index (χ1v) is 5.98. The van der Waals surface area contributed by atoms with E-state index in [1.165, 1.54) is 0 Å². The van der Waals surface area contributed by atoms with Crippen LogP contribution in [0.4, 0.5) is 4.79 Å². The first-order valence-electron chi connectivity index (χ1n) is 5.98. The van der Waals surface area contributed by atoms with E-state index in [0.717, 1.165) is 11.1 Å². The van der Waals surface area contributed by atoms with Crippen molar-refractivity contribution < 1.29 is 9.59 Å². The largest absolute Gasteiger partial charge is 0.344 e. The third-order valence-corrected chi connectivity index (χ3v) is 3.28. The van der Waals surface area contributed by atoms with Gasteiger partial charge in [-0.25, -0.2) is 4.79 Å². The number of hydrogen-bond donors (Lipinski definition) is 3. The van der Waals surface area contributed by atoms with Crippen molar-refractivity contribution >= 4 is 11.9 Å². The van der Waals surface area contributed by atoms with Crippen LogP contribution in [0.1, 0.15) is 11.1 Å². The summed E-state index contributed by atoms with van der Waals surface area (Å²) in [6.07, 6.45) is 0. The third-order valence-electron chi connectivity index (χ3n) is 3.28. The van der Waals surface area contributed by atoms with Gasteiger partial charge in [-0.15, -0.1) is 0 Å². The second kappa shape index (κ2) is 5.14. The van der Waals surface area contributed by atoms with Gasteiger partial charge in [0, 0.05) is 0 Å². The summed E-state index contributed by atoms with van der Waals surface area (Å²) < 4.78 is 0. The molecule has 0 saturated carbocycles. The highest BCUT2D eigenvalue weighted by Crippen LogP contribution is 2.32. The predicted molar refractivity (Wildman–Crippen MR) is 75.4 cm³/mol. The first-order chi connectivity index (χ1) is 9.23. The summed E-state index contributed by atoms with van der Waals surface area (Å²) in [5.74, 6) is -0.352. The van der Waals surface area contributed by atoms with Crippen LogP contribution < -0.4 is 16.8 Å². The summed E-state index contributed by atoms with van der Waals surface area (Å²) in [5.41, 5.74) is 0.341. The molecule has 2 aromatic rings. The van der Waals surface area contributed by atoms with Gasteiger partial charge in [0.25, 0.3) is 5.91 Å². The summed E-state index contributed by atoms with van der Waals surface area (Å²) in [7, 11) is 0. The molecule has 1 heterocycles. The predicted octanol–water partition coefficient (Wildman–Crippen LogP) is 1.93. The van der Waals surface area contributed by atoms with Crippen molar-refractivity contribution in [2.45, 2.75) is 5.54 Å². The molecular weight excluding hydrogens is 254 g/mol. The summed E-state index contributed by atoms with van der Waals surface area (Å²) in [6, 6.07) is 18.0. The van der Waals surface area contributed by atoms with Gasteiger partial charge in [0.2, 0.25) is 0 Å². The maximum Gasteiger partial charge on any atom is 0.322 e. The van der Waals surface area contributed by atoms with Crippen molar-refractivity contribution in [2.75, 3.05) is 0 Å².